The summed E-state index contributed by atoms with van der Waals surface area (Å²) in [6.07, 6.45) is 5.37. The first-order chi connectivity index (χ1) is 5.67. The summed E-state index contributed by atoms with van der Waals surface area (Å²) in [6, 6.07) is 1.41. The summed E-state index contributed by atoms with van der Waals surface area (Å²) in [6.45, 7) is 8.13. The first-order valence-corrected chi connectivity index (χ1v) is 7.15. The fourth-order valence-electron chi connectivity index (χ4n) is 2.16. The third kappa shape index (κ3) is 2.59. The highest BCUT2D eigenvalue weighted by molar-refractivity contribution is 6.55. The predicted molar refractivity (Wildman–Crippen MR) is 56.1 cm³/mol. The number of hydrogen-bond acceptors (Lipinski definition) is 1. The van der Waals surface area contributed by atoms with E-state index in [1.54, 1.807) is 0 Å². The van der Waals surface area contributed by atoms with Crippen molar-refractivity contribution in [1.82, 2.24) is 0 Å². The fourth-order valence-corrected chi connectivity index (χ4v) is 5.28. The van der Waals surface area contributed by atoms with Crippen molar-refractivity contribution < 1.29 is 4.43 Å². The van der Waals surface area contributed by atoms with Crippen LogP contribution in [0.1, 0.15) is 46.5 Å². The van der Waals surface area contributed by atoms with Crippen molar-refractivity contribution in [2.24, 2.45) is 0 Å². The largest absolute Gasteiger partial charge is 0.420 e. The monoisotopic (exact) mass is 186 g/mol. The van der Waals surface area contributed by atoms with Gasteiger partial charge >= 0.3 is 0 Å². The van der Waals surface area contributed by atoms with Gasteiger partial charge in [0.15, 0.2) is 9.04 Å². The second-order valence-corrected chi connectivity index (χ2v) is 8.04. The van der Waals surface area contributed by atoms with Crippen LogP contribution in [-0.2, 0) is 4.43 Å². The van der Waals surface area contributed by atoms with Gasteiger partial charge < -0.3 is 4.43 Å². The van der Waals surface area contributed by atoms with E-state index in [0.717, 1.165) is 6.61 Å². The molecule has 72 valence electrons. The number of rotatable bonds is 3. The van der Waals surface area contributed by atoms with Crippen LogP contribution < -0.4 is 0 Å². The van der Waals surface area contributed by atoms with Gasteiger partial charge in [-0.05, 0) is 23.9 Å². The first kappa shape index (κ1) is 10.3. The Labute approximate surface area is 78.2 Å². The van der Waals surface area contributed by atoms with Gasteiger partial charge in [-0.2, -0.15) is 0 Å². The SMILES string of the molecule is CCCC(C)(C)[SiH]1CCCCO1. The van der Waals surface area contributed by atoms with Gasteiger partial charge in [0.1, 0.15) is 0 Å². The molecule has 1 nitrogen and oxygen atoms in total. The molecule has 0 aromatic carbocycles. The van der Waals surface area contributed by atoms with Crippen molar-refractivity contribution in [3.63, 3.8) is 0 Å². The summed E-state index contributed by atoms with van der Waals surface area (Å²) in [4.78, 5) is 0. The Bertz CT molecular complexity index is 128. The van der Waals surface area contributed by atoms with Crippen molar-refractivity contribution in [2.45, 2.75) is 57.5 Å². The fraction of sp³-hybridized carbons (Fsp3) is 1.00. The Morgan fingerprint density at radius 2 is 2.08 bits per heavy atom. The average molecular weight is 186 g/mol. The van der Waals surface area contributed by atoms with Crippen LogP contribution in [0.15, 0.2) is 0 Å². The van der Waals surface area contributed by atoms with E-state index in [-0.39, 0.29) is 0 Å². The lowest BCUT2D eigenvalue weighted by Gasteiger charge is -2.35. The Morgan fingerprint density at radius 1 is 1.33 bits per heavy atom. The van der Waals surface area contributed by atoms with E-state index >= 15 is 0 Å². The highest BCUT2D eigenvalue weighted by Crippen LogP contribution is 2.38. The minimum atomic E-state index is -0.853. The van der Waals surface area contributed by atoms with Crippen LogP contribution in [0.4, 0.5) is 0 Å². The summed E-state index contributed by atoms with van der Waals surface area (Å²) < 4.78 is 5.93. The van der Waals surface area contributed by atoms with Crippen LogP contribution in [0, 0.1) is 0 Å². The molecule has 1 aliphatic heterocycles. The molecule has 0 amide bonds. The van der Waals surface area contributed by atoms with Gasteiger partial charge in [-0.15, -0.1) is 0 Å². The quantitative estimate of drug-likeness (QED) is 0.615. The average Bonchev–Trinajstić information content (AvgIpc) is 2.06. The molecule has 0 spiro atoms. The van der Waals surface area contributed by atoms with Crippen LogP contribution in [0.25, 0.3) is 0 Å². The molecule has 2 heteroatoms. The van der Waals surface area contributed by atoms with Crippen LogP contribution in [0.5, 0.6) is 0 Å². The second-order valence-electron chi connectivity index (χ2n) is 4.59. The Kier molecular flexibility index (Phi) is 3.78. The summed E-state index contributed by atoms with van der Waals surface area (Å²) >= 11 is 0. The van der Waals surface area contributed by atoms with E-state index in [1.165, 1.54) is 31.7 Å². The van der Waals surface area contributed by atoms with E-state index < -0.39 is 9.04 Å². The lowest BCUT2D eigenvalue weighted by molar-refractivity contribution is 0.264. The van der Waals surface area contributed by atoms with E-state index in [2.05, 4.69) is 20.8 Å². The predicted octanol–water partition coefficient (Wildman–Crippen LogP) is 3.10. The van der Waals surface area contributed by atoms with Gasteiger partial charge in [0, 0.05) is 6.61 Å². The van der Waals surface area contributed by atoms with Crippen LogP contribution in [0.2, 0.25) is 11.1 Å². The van der Waals surface area contributed by atoms with Gasteiger partial charge in [0.2, 0.25) is 0 Å². The van der Waals surface area contributed by atoms with Crippen LogP contribution in [0.3, 0.4) is 0 Å². The summed E-state index contributed by atoms with van der Waals surface area (Å²) in [5.41, 5.74) is 0. The Morgan fingerprint density at radius 3 is 2.58 bits per heavy atom. The maximum atomic E-state index is 5.93. The lowest BCUT2D eigenvalue weighted by Crippen LogP contribution is -2.34. The van der Waals surface area contributed by atoms with Crippen molar-refractivity contribution in [3.05, 3.63) is 0 Å². The standard InChI is InChI=1S/C10H22OSi/c1-4-7-10(2,3)12-9-6-5-8-11-12/h12H,4-9H2,1-3H3. The molecule has 0 aliphatic carbocycles. The summed E-state index contributed by atoms with van der Waals surface area (Å²) in [5.74, 6) is 0. The smallest absolute Gasteiger partial charge is 0.182 e. The van der Waals surface area contributed by atoms with Crippen molar-refractivity contribution in [1.29, 1.82) is 0 Å². The zero-order valence-corrected chi connectivity index (χ0v) is 9.88. The van der Waals surface area contributed by atoms with Crippen LogP contribution in [-0.4, -0.2) is 15.6 Å². The van der Waals surface area contributed by atoms with E-state index in [4.69, 9.17) is 4.43 Å². The molecule has 0 aromatic rings. The highest BCUT2D eigenvalue weighted by Gasteiger charge is 2.32. The summed E-state index contributed by atoms with van der Waals surface area (Å²) in [5, 5.41) is 0.537. The molecular weight excluding hydrogens is 164 g/mol. The van der Waals surface area contributed by atoms with E-state index in [1.807, 2.05) is 0 Å². The second kappa shape index (κ2) is 4.42. The van der Waals surface area contributed by atoms with E-state index in [0.29, 0.717) is 5.04 Å². The summed E-state index contributed by atoms with van der Waals surface area (Å²) in [7, 11) is -0.853. The van der Waals surface area contributed by atoms with Gasteiger partial charge in [0.05, 0.1) is 0 Å². The minimum Gasteiger partial charge on any atom is -0.420 e. The maximum Gasteiger partial charge on any atom is 0.182 e. The third-order valence-electron chi connectivity index (χ3n) is 2.95. The Balaban J connectivity index is 2.41. The Hall–Kier alpha value is 0.177. The van der Waals surface area contributed by atoms with Crippen molar-refractivity contribution >= 4 is 9.04 Å². The molecule has 0 radical (unpaired) electrons. The molecule has 1 atom stereocenters. The van der Waals surface area contributed by atoms with Crippen LogP contribution >= 0.6 is 0 Å². The molecule has 1 fully saturated rings. The van der Waals surface area contributed by atoms with Gasteiger partial charge in [-0.25, -0.2) is 0 Å². The molecular formula is C10H22OSi. The molecule has 1 rings (SSSR count). The lowest BCUT2D eigenvalue weighted by atomic mass is 10.1. The molecule has 0 saturated carbocycles. The number of hydrogen-bond donors (Lipinski definition) is 0. The topological polar surface area (TPSA) is 9.23 Å². The van der Waals surface area contributed by atoms with Crippen molar-refractivity contribution in [2.75, 3.05) is 6.61 Å². The normalized spacial score (nSPS) is 25.8. The molecule has 1 aliphatic rings. The molecule has 1 heterocycles. The molecule has 1 saturated heterocycles. The van der Waals surface area contributed by atoms with Gasteiger partial charge in [-0.1, -0.05) is 33.6 Å². The molecule has 0 N–H and O–H groups in total. The molecule has 0 aromatic heterocycles. The zero-order chi connectivity index (χ0) is 9.03. The third-order valence-corrected chi connectivity index (χ3v) is 6.55. The van der Waals surface area contributed by atoms with Gasteiger partial charge in [-0.3, -0.25) is 0 Å². The molecule has 0 bridgehead atoms. The minimum absolute atomic E-state index is 0.537. The first-order valence-electron chi connectivity index (χ1n) is 5.28. The molecule has 12 heavy (non-hydrogen) atoms. The van der Waals surface area contributed by atoms with Gasteiger partial charge in [0.25, 0.3) is 0 Å². The molecule has 1 unspecified atom stereocenters. The maximum absolute atomic E-state index is 5.93. The van der Waals surface area contributed by atoms with Crippen molar-refractivity contribution in [3.8, 4) is 0 Å². The van der Waals surface area contributed by atoms with E-state index in [9.17, 15) is 0 Å². The zero-order valence-electron chi connectivity index (χ0n) is 8.73. The highest BCUT2D eigenvalue weighted by atomic mass is 28.3.